The molecule has 2 aromatic heterocycles. The molecule has 1 unspecified atom stereocenters. The molecule has 9 atom stereocenters. The van der Waals surface area contributed by atoms with Gasteiger partial charge in [0.15, 0.2) is 5.78 Å². The number of carbonyl (C=O) groups is 9. The molecule has 1 aliphatic heterocycles. The molecule has 3 heterocycles. The van der Waals surface area contributed by atoms with Crippen LogP contribution in [0.5, 0.6) is 0 Å². The summed E-state index contributed by atoms with van der Waals surface area (Å²) in [6.07, 6.45) is 1.67. The lowest BCUT2D eigenvalue weighted by molar-refractivity contribution is -0.142. The molecule has 1 aromatic carbocycles. The Morgan fingerprint density at radius 2 is 1.69 bits per heavy atom. The van der Waals surface area contributed by atoms with Gasteiger partial charge in [0.25, 0.3) is 11.8 Å². The molecule has 64 heavy (non-hydrogen) atoms. The standard InChI is InChI=1S/C43H57N9O11S/c1-8-21(4)34(52-41(61)31(54)17-44-20-53)36(56)26-16-46-40(60)28(48-42(62)37(57)35(22(5)9-2)51-38(58)23(6)47-32(55)10-3)14-24-15-45-27-13-11-12-25(33(24)27)30-19-64-43(50-30)29(18-63-7)49-39(26)59/h10-13,15,19-23,26,28-29,31,34-35,45,54H,3,8-9,14,16-18H2,1-2,4-7H3,(H,44,53)(H,46,60)(H,47,55)(H,48,62)(H,49,59)(H,51,58)(H,52,61)/t21-,22-,23-,26+,28-,29?,31+,34-,35-/m0/s1. The summed E-state index contributed by atoms with van der Waals surface area (Å²) in [6, 6.07) is -0.766. The van der Waals surface area contributed by atoms with E-state index in [0.717, 1.165) is 6.08 Å². The lowest BCUT2D eigenvalue weighted by Gasteiger charge is -2.29. The van der Waals surface area contributed by atoms with Crippen LogP contribution in [0.1, 0.15) is 64.1 Å². The first-order valence-electron chi connectivity index (χ1n) is 20.9. The number of carbonyl (C=O) groups excluding carboxylic acids is 9. The minimum absolute atomic E-state index is 0.0599. The van der Waals surface area contributed by atoms with Crippen LogP contribution in [-0.4, -0.2) is 126 Å². The minimum Gasteiger partial charge on any atom is -0.382 e. The second-order valence-corrected chi connectivity index (χ2v) is 16.5. The molecule has 0 radical (unpaired) electrons. The van der Waals surface area contributed by atoms with Crippen molar-refractivity contribution in [3.63, 3.8) is 0 Å². The molecule has 0 saturated heterocycles. The van der Waals surface area contributed by atoms with Gasteiger partial charge in [-0.25, -0.2) is 4.98 Å². The summed E-state index contributed by atoms with van der Waals surface area (Å²) in [6.45, 7) is 10.4. The van der Waals surface area contributed by atoms with E-state index < -0.39 is 114 Å². The topological polar surface area (TPSA) is 296 Å². The lowest BCUT2D eigenvalue weighted by atomic mass is 9.87. The number of nitrogens with one attached hydrogen (secondary N) is 8. The van der Waals surface area contributed by atoms with Crippen molar-refractivity contribution >= 4 is 75.7 Å². The predicted molar refractivity (Wildman–Crippen MR) is 235 cm³/mol. The zero-order valence-electron chi connectivity index (χ0n) is 36.6. The number of methoxy groups -OCH3 is 1. The lowest BCUT2D eigenvalue weighted by Crippen LogP contribution is -2.58. The van der Waals surface area contributed by atoms with Crippen molar-refractivity contribution in [2.24, 2.45) is 17.8 Å². The van der Waals surface area contributed by atoms with E-state index in [4.69, 9.17) is 9.72 Å². The Bertz CT molecular complexity index is 2220. The summed E-state index contributed by atoms with van der Waals surface area (Å²) in [5.41, 5.74) is 2.37. The second kappa shape index (κ2) is 23.4. The average molecular weight is 908 g/mol. The highest BCUT2D eigenvalue weighted by Crippen LogP contribution is 2.34. The predicted octanol–water partition coefficient (Wildman–Crippen LogP) is -0.134. The Morgan fingerprint density at radius 3 is 2.34 bits per heavy atom. The maximum atomic E-state index is 14.5. The number of benzene rings is 1. The van der Waals surface area contributed by atoms with Crippen LogP contribution in [-0.2, 0) is 54.3 Å². The molecule has 2 bridgehead atoms. The van der Waals surface area contributed by atoms with Crippen LogP contribution in [0.2, 0.25) is 0 Å². The number of ether oxygens (including phenoxy) is 1. The number of aliphatic hydroxyl groups excluding tert-OH is 1. The summed E-state index contributed by atoms with van der Waals surface area (Å²) in [5, 5.41) is 30.9. The van der Waals surface area contributed by atoms with Gasteiger partial charge < -0.3 is 52.0 Å². The Labute approximate surface area is 373 Å². The third-order valence-electron chi connectivity index (χ3n) is 11.2. The number of thiazole rings is 1. The van der Waals surface area contributed by atoms with Crippen LogP contribution in [0, 0.1) is 17.8 Å². The third kappa shape index (κ3) is 12.4. The zero-order chi connectivity index (χ0) is 47.2. The van der Waals surface area contributed by atoms with Crippen LogP contribution in [0.3, 0.4) is 0 Å². The van der Waals surface area contributed by atoms with Crippen molar-refractivity contribution < 1.29 is 53.0 Å². The van der Waals surface area contributed by atoms with Crippen molar-refractivity contribution in [3.05, 3.63) is 53.0 Å². The number of hydrogen-bond acceptors (Lipinski definition) is 13. The molecule has 21 heteroatoms. The summed E-state index contributed by atoms with van der Waals surface area (Å²) in [5.74, 6) is -10.1. The molecule has 4 rings (SSSR count). The van der Waals surface area contributed by atoms with Crippen LogP contribution in [0.15, 0.2) is 42.4 Å². The molecule has 346 valence electrons. The largest absolute Gasteiger partial charge is 0.382 e. The van der Waals surface area contributed by atoms with E-state index in [-0.39, 0.29) is 13.0 Å². The van der Waals surface area contributed by atoms with Gasteiger partial charge in [0.2, 0.25) is 35.8 Å². The van der Waals surface area contributed by atoms with Gasteiger partial charge in [-0.1, -0.05) is 59.2 Å². The second-order valence-electron chi connectivity index (χ2n) is 15.6. The number of nitrogens with zero attached hydrogens (tertiary/aromatic N) is 1. The Hall–Kier alpha value is -6.32. The maximum absolute atomic E-state index is 14.5. The van der Waals surface area contributed by atoms with Gasteiger partial charge in [0.1, 0.15) is 35.2 Å². The molecule has 7 amide bonds. The number of Topliss-reactive ketones (excluding diaryl/α,β-unsaturated/α-hetero) is 2. The summed E-state index contributed by atoms with van der Waals surface area (Å²) in [7, 11) is 1.42. The normalized spacial score (nSPS) is 19.3. The van der Waals surface area contributed by atoms with Gasteiger partial charge in [-0.05, 0) is 36.5 Å². The quantitative estimate of drug-likeness (QED) is 0.0310. The van der Waals surface area contributed by atoms with E-state index in [1.165, 1.54) is 25.4 Å². The van der Waals surface area contributed by atoms with Crippen molar-refractivity contribution in [1.82, 2.24) is 47.2 Å². The zero-order valence-corrected chi connectivity index (χ0v) is 37.4. The molecule has 0 spiro atoms. The van der Waals surface area contributed by atoms with Crippen molar-refractivity contribution in [3.8, 4) is 11.3 Å². The minimum atomic E-state index is -1.73. The first-order valence-corrected chi connectivity index (χ1v) is 21.8. The molecule has 3 aromatic rings. The summed E-state index contributed by atoms with van der Waals surface area (Å²) >= 11 is 1.23. The third-order valence-corrected chi connectivity index (χ3v) is 12.1. The van der Waals surface area contributed by atoms with E-state index >= 15 is 0 Å². The van der Waals surface area contributed by atoms with E-state index in [2.05, 4.69) is 48.8 Å². The van der Waals surface area contributed by atoms with Crippen LogP contribution in [0.25, 0.3) is 22.2 Å². The number of hydrogen-bond donors (Lipinski definition) is 9. The molecule has 20 nitrogen and oxygen atoms in total. The summed E-state index contributed by atoms with van der Waals surface area (Å²) < 4.78 is 5.44. The van der Waals surface area contributed by atoms with E-state index in [1.54, 1.807) is 45.3 Å². The number of H-pyrrole nitrogens is 1. The molecular weight excluding hydrogens is 851 g/mol. The molecule has 0 saturated carbocycles. The number of aliphatic hydroxyl groups is 1. The Kier molecular flexibility index (Phi) is 18.4. The van der Waals surface area contributed by atoms with Gasteiger partial charge in [0.05, 0.1) is 30.9 Å². The van der Waals surface area contributed by atoms with Crippen LogP contribution < -0.4 is 37.2 Å². The number of amides is 7. The molecule has 0 aliphatic carbocycles. The Balaban J connectivity index is 1.79. The fourth-order valence-corrected chi connectivity index (χ4v) is 7.88. The van der Waals surface area contributed by atoms with E-state index in [0.29, 0.717) is 52.0 Å². The summed E-state index contributed by atoms with van der Waals surface area (Å²) in [4.78, 5) is 128. The molecule has 1 aliphatic rings. The van der Waals surface area contributed by atoms with Gasteiger partial charge in [-0.2, -0.15) is 0 Å². The molecule has 0 fully saturated rings. The van der Waals surface area contributed by atoms with Crippen molar-refractivity contribution in [1.29, 1.82) is 0 Å². The van der Waals surface area contributed by atoms with Crippen LogP contribution >= 0.6 is 11.3 Å². The maximum Gasteiger partial charge on any atom is 0.290 e. The van der Waals surface area contributed by atoms with Crippen molar-refractivity contribution in [2.45, 2.75) is 90.2 Å². The van der Waals surface area contributed by atoms with E-state index in [1.807, 2.05) is 12.1 Å². The monoisotopic (exact) mass is 907 g/mol. The number of ketones is 2. The SMILES string of the molecule is C=CC(=O)N[C@@H](C)C(=O)N[C@H](C(=O)C(=O)N[C@H]1Cc2c[nH]c3cccc(c23)-c2csc(n2)C(COC)NC(=O)[C@@H](C(=O)[C@@H](NC(=O)[C@H](O)CNC=O)[C@@H](C)CC)CNC1=O)[C@@H](C)CC. The Morgan fingerprint density at radius 1 is 1.00 bits per heavy atom. The first kappa shape index (κ1) is 50.3. The molecular formula is C43H57N9O11S. The fourth-order valence-electron chi connectivity index (χ4n) is 7.03. The van der Waals surface area contributed by atoms with Crippen LogP contribution in [0.4, 0.5) is 0 Å². The fraction of sp³-hybridized carbons (Fsp3) is 0.488. The smallest absolute Gasteiger partial charge is 0.290 e. The number of aromatic nitrogens is 2. The van der Waals surface area contributed by atoms with Gasteiger partial charge >= 0.3 is 0 Å². The molecule has 9 N–H and O–H groups in total. The number of aromatic amines is 1. The van der Waals surface area contributed by atoms with E-state index in [9.17, 15) is 48.3 Å². The highest BCUT2D eigenvalue weighted by Gasteiger charge is 2.40. The van der Waals surface area contributed by atoms with Gasteiger partial charge in [-0.3, -0.25) is 43.2 Å². The average Bonchev–Trinajstić information content (AvgIpc) is 3.95. The van der Waals surface area contributed by atoms with Gasteiger partial charge in [0, 0.05) is 48.1 Å². The number of fused-ring (bicyclic) bond motifs is 3. The highest BCUT2D eigenvalue weighted by atomic mass is 32.1. The van der Waals surface area contributed by atoms with Gasteiger partial charge in [-0.15, -0.1) is 11.3 Å². The van der Waals surface area contributed by atoms with Crippen molar-refractivity contribution in [2.75, 3.05) is 26.8 Å². The highest BCUT2D eigenvalue weighted by molar-refractivity contribution is 7.10. The number of rotatable bonds is 20. The first-order chi connectivity index (χ1) is 30.5.